The van der Waals surface area contributed by atoms with E-state index < -0.39 is 5.91 Å². The summed E-state index contributed by atoms with van der Waals surface area (Å²) in [7, 11) is 5.44. The number of anilines is 2. The molecular formula is C36H36ClN7O4. The van der Waals surface area contributed by atoms with Crippen molar-refractivity contribution < 1.29 is 19.1 Å². The molecule has 0 bridgehead atoms. The standard InChI is InChI=1S/C36H36ClN7O4/c1-21-16-24(12-14-38-21)48-20-23-18-39-29(17-32(23)47-5)35(45)41-27-10-6-8-25(22(27)2)26-9-7-11-28(33(26)37)42-36(46)34-40-30-19-43(3)15-13-31(30)44(34)4/h6-12,14,16-18H,13,15,19-20H2,1-5H3,(H,41,45)(H,42,46). The maximum absolute atomic E-state index is 13.4. The number of carbonyl (C=O) groups excluding carboxylic acids is 2. The lowest BCUT2D eigenvalue weighted by Gasteiger charge is -2.21. The monoisotopic (exact) mass is 665 g/mol. The topological polar surface area (TPSA) is 124 Å². The molecule has 0 radical (unpaired) electrons. The zero-order valence-corrected chi connectivity index (χ0v) is 28.2. The van der Waals surface area contributed by atoms with E-state index in [1.807, 2.05) is 68.9 Å². The molecule has 6 rings (SSSR count). The molecule has 1 aliphatic heterocycles. The number of benzene rings is 2. The van der Waals surface area contributed by atoms with E-state index in [-0.39, 0.29) is 18.2 Å². The molecular weight excluding hydrogens is 630 g/mol. The Balaban J connectivity index is 1.19. The molecule has 0 aliphatic carbocycles. The number of aryl methyl sites for hydroxylation is 1. The van der Waals surface area contributed by atoms with Crippen LogP contribution >= 0.6 is 11.6 Å². The first kappa shape index (κ1) is 32.7. The normalized spacial score (nSPS) is 12.7. The van der Waals surface area contributed by atoms with Crippen LogP contribution in [-0.2, 0) is 26.6 Å². The van der Waals surface area contributed by atoms with Gasteiger partial charge in [0.1, 0.15) is 23.8 Å². The van der Waals surface area contributed by atoms with Crippen molar-refractivity contribution >= 4 is 34.8 Å². The predicted molar refractivity (Wildman–Crippen MR) is 185 cm³/mol. The summed E-state index contributed by atoms with van der Waals surface area (Å²) < 4.78 is 13.3. The molecule has 0 saturated heterocycles. The summed E-state index contributed by atoms with van der Waals surface area (Å²) in [5.74, 6) is 0.762. The van der Waals surface area contributed by atoms with Gasteiger partial charge in [0.25, 0.3) is 11.8 Å². The lowest BCUT2D eigenvalue weighted by molar-refractivity contribution is 0.100. The summed E-state index contributed by atoms with van der Waals surface area (Å²) in [6.45, 7) is 5.62. The second kappa shape index (κ2) is 13.8. The average molecular weight is 666 g/mol. The predicted octanol–water partition coefficient (Wildman–Crippen LogP) is 6.23. The molecule has 2 N–H and O–H groups in total. The highest BCUT2D eigenvalue weighted by Gasteiger charge is 2.25. The van der Waals surface area contributed by atoms with Crippen LogP contribution in [-0.4, -0.2) is 56.9 Å². The van der Waals surface area contributed by atoms with Crippen LogP contribution in [0.1, 0.15) is 49.3 Å². The first-order valence-corrected chi connectivity index (χ1v) is 15.8. The average Bonchev–Trinajstić information content (AvgIpc) is 3.40. The minimum atomic E-state index is -0.401. The molecule has 4 heterocycles. The Morgan fingerprint density at radius 3 is 2.48 bits per heavy atom. The van der Waals surface area contributed by atoms with Gasteiger partial charge in [-0.2, -0.15) is 0 Å². The van der Waals surface area contributed by atoms with Crippen LogP contribution in [0.5, 0.6) is 11.5 Å². The first-order valence-electron chi connectivity index (χ1n) is 15.5. The van der Waals surface area contributed by atoms with Crippen molar-refractivity contribution in [2.24, 2.45) is 7.05 Å². The van der Waals surface area contributed by atoms with Gasteiger partial charge in [-0.05, 0) is 50.2 Å². The molecule has 2 aromatic carbocycles. The fraction of sp³-hybridized carbons (Fsp3) is 0.250. The van der Waals surface area contributed by atoms with E-state index >= 15 is 0 Å². The molecule has 0 saturated carbocycles. The number of imidazole rings is 1. The molecule has 1 aliphatic rings. The highest BCUT2D eigenvalue weighted by Crippen LogP contribution is 2.38. The molecule has 0 fully saturated rings. The number of methoxy groups -OCH3 is 1. The van der Waals surface area contributed by atoms with Gasteiger partial charge in [-0.3, -0.25) is 19.6 Å². The van der Waals surface area contributed by atoms with Crippen molar-refractivity contribution in [2.45, 2.75) is 33.4 Å². The summed E-state index contributed by atoms with van der Waals surface area (Å²) in [6.07, 6.45) is 4.09. The summed E-state index contributed by atoms with van der Waals surface area (Å²) in [6, 6.07) is 16.2. The van der Waals surface area contributed by atoms with Crippen LogP contribution in [0, 0.1) is 13.8 Å². The smallest absolute Gasteiger partial charge is 0.291 e. The number of hydrogen-bond acceptors (Lipinski definition) is 8. The second-order valence-corrected chi connectivity index (χ2v) is 12.1. The van der Waals surface area contributed by atoms with Crippen LogP contribution < -0.4 is 20.1 Å². The van der Waals surface area contributed by atoms with Crippen LogP contribution in [0.2, 0.25) is 5.02 Å². The molecule has 0 unspecified atom stereocenters. The molecule has 2 amide bonds. The van der Waals surface area contributed by atoms with Gasteiger partial charge in [0.05, 0.1) is 23.5 Å². The molecule has 5 aromatic rings. The quantitative estimate of drug-likeness (QED) is 0.190. The Labute approximate surface area is 283 Å². The largest absolute Gasteiger partial charge is 0.496 e. The van der Waals surface area contributed by atoms with Gasteiger partial charge < -0.3 is 29.6 Å². The summed E-state index contributed by atoms with van der Waals surface area (Å²) in [4.78, 5) is 42.1. The number of rotatable bonds is 9. The SMILES string of the molecule is COc1cc(C(=O)Nc2cccc(-c3cccc(NC(=O)c4nc5c(n4C)CCN(C)C5)c3Cl)c2C)ncc1COc1ccnc(C)c1. The number of pyridine rings is 2. The molecule has 48 heavy (non-hydrogen) atoms. The number of carbonyl (C=O) groups is 2. The lowest BCUT2D eigenvalue weighted by atomic mass is 9.98. The zero-order chi connectivity index (χ0) is 33.9. The maximum atomic E-state index is 13.4. The number of hydrogen-bond donors (Lipinski definition) is 2. The van der Waals surface area contributed by atoms with E-state index in [1.54, 1.807) is 30.6 Å². The number of aromatic nitrogens is 4. The van der Waals surface area contributed by atoms with Crippen molar-refractivity contribution in [3.05, 3.63) is 112 Å². The number of halogens is 1. The van der Waals surface area contributed by atoms with Crippen molar-refractivity contribution in [1.29, 1.82) is 0 Å². The third kappa shape index (κ3) is 6.73. The van der Waals surface area contributed by atoms with Crippen molar-refractivity contribution in [3.63, 3.8) is 0 Å². The number of amides is 2. The molecule has 246 valence electrons. The van der Waals surface area contributed by atoms with Crippen LogP contribution in [0.25, 0.3) is 11.1 Å². The van der Waals surface area contributed by atoms with Crippen molar-refractivity contribution in [1.82, 2.24) is 24.4 Å². The lowest BCUT2D eigenvalue weighted by Crippen LogP contribution is -2.27. The Morgan fingerprint density at radius 1 is 0.958 bits per heavy atom. The Kier molecular flexibility index (Phi) is 9.42. The fourth-order valence-corrected chi connectivity index (χ4v) is 6.06. The van der Waals surface area contributed by atoms with E-state index in [4.69, 9.17) is 21.1 Å². The fourth-order valence-electron chi connectivity index (χ4n) is 5.78. The van der Waals surface area contributed by atoms with Crippen molar-refractivity contribution in [3.8, 4) is 22.6 Å². The Hall–Kier alpha value is -5.26. The van der Waals surface area contributed by atoms with E-state index in [0.717, 1.165) is 41.2 Å². The molecule has 0 atom stereocenters. The molecule has 3 aromatic heterocycles. The van der Waals surface area contributed by atoms with Crippen LogP contribution in [0.15, 0.2) is 67.0 Å². The second-order valence-electron chi connectivity index (χ2n) is 11.7. The van der Waals surface area contributed by atoms with Gasteiger partial charge in [-0.25, -0.2) is 4.98 Å². The third-order valence-electron chi connectivity index (χ3n) is 8.43. The van der Waals surface area contributed by atoms with Gasteiger partial charge in [0, 0.05) is 79.3 Å². The Bertz CT molecular complexity index is 2030. The zero-order valence-electron chi connectivity index (χ0n) is 27.4. The van der Waals surface area contributed by atoms with Crippen LogP contribution in [0.4, 0.5) is 11.4 Å². The molecule has 12 heteroatoms. The number of nitrogens with zero attached hydrogens (tertiary/aromatic N) is 5. The number of ether oxygens (including phenoxy) is 2. The number of nitrogens with one attached hydrogen (secondary N) is 2. The molecule has 0 spiro atoms. The first-order chi connectivity index (χ1) is 23.1. The minimum Gasteiger partial charge on any atom is -0.496 e. The van der Waals surface area contributed by atoms with Gasteiger partial charge in [-0.1, -0.05) is 35.9 Å². The van der Waals surface area contributed by atoms with E-state index in [2.05, 4.69) is 30.5 Å². The van der Waals surface area contributed by atoms with E-state index in [9.17, 15) is 9.59 Å². The van der Waals surface area contributed by atoms with E-state index in [1.165, 1.54) is 7.11 Å². The summed E-state index contributed by atoms with van der Waals surface area (Å²) in [5, 5.41) is 6.30. The van der Waals surface area contributed by atoms with Gasteiger partial charge in [0.2, 0.25) is 0 Å². The highest BCUT2D eigenvalue weighted by atomic mass is 35.5. The van der Waals surface area contributed by atoms with Gasteiger partial charge in [-0.15, -0.1) is 0 Å². The van der Waals surface area contributed by atoms with E-state index in [0.29, 0.717) is 51.4 Å². The van der Waals surface area contributed by atoms with Crippen LogP contribution in [0.3, 0.4) is 0 Å². The highest BCUT2D eigenvalue weighted by molar-refractivity contribution is 6.36. The number of fused-ring (bicyclic) bond motifs is 1. The number of likely N-dealkylation sites (N-methyl/N-ethyl adjacent to an activating group) is 1. The summed E-state index contributed by atoms with van der Waals surface area (Å²) in [5.41, 5.74) is 7.07. The summed E-state index contributed by atoms with van der Waals surface area (Å²) >= 11 is 6.91. The maximum Gasteiger partial charge on any atom is 0.291 e. The Morgan fingerprint density at radius 2 is 1.71 bits per heavy atom. The van der Waals surface area contributed by atoms with Crippen molar-refractivity contribution in [2.75, 3.05) is 31.3 Å². The minimum absolute atomic E-state index is 0.186. The molecule has 11 nitrogen and oxygen atoms in total. The van der Waals surface area contributed by atoms with Gasteiger partial charge in [0.15, 0.2) is 5.82 Å². The van der Waals surface area contributed by atoms with Gasteiger partial charge >= 0.3 is 0 Å². The third-order valence-corrected chi connectivity index (χ3v) is 8.83.